The number of Topliss-reactive ketones (excluding diaryl/α,β-unsaturated/α-hetero) is 1. The lowest BCUT2D eigenvalue weighted by molar-refractivity contribution is -0.146. The molecule has 4 fully saturated rings. The van der Waals surface area contributed by atoms with Crippen LogP contribution >= 0.6 is 0 Å². The minimum absolute atomic E-state index is 0.0790. The second-order valence-electron chi connectivity index (χ2n) is 7.36. The maximum Gasteiger partial charge on any atom is 0.246 e. The molecule has 0 spiro atoms. The van der Waals surface area contributed by atoms with Crippen molar-refractivity contribution in [3.63, 3.8) is 0 Å². The van der Waals surface area contributed by atoms with Gasteiger partial charge in [-0.1, -0.05) is 0 Å². The van der Waals surface area contributed by atoms with E-state index in [0.29, 0.717) is 12.1 Å². The molecule has 0 aromatic carbocycles. The fourth-order valence-electron chi connectivity index (χ4n) is 5.05. The highest BCUT2D eigenvalue weighted by Crippen LogP contribution is 2.60. The van der Waals surface area contributed by atoms with E-state index in [9.17, 15) is 9.59 Å². The lowest BCUT2D eigenvalue weighted by Gasteiger charge is -2.55. The Morgan fingerprint density at radius 3 is 2.00 bits per heavy atom. The number of ketones is 1. The van der Waals surface area contributed by atoms with E-state index in [1.165, 1.54) is 19.3 Å². The fraction of sp³-hybridized carbons (Fsp3) is 0.812. The van der Waals surface area contributed by atoms with Crippen molar-refractivity contribution in [3.8, 4) is 0 Å². The molecule has 0 aromatic rings. The van der Waals surface area contributed by atoms with Gasteiger partial charge in [-0.2, -0.15) is 5.10 Å². The Balaban J connectivity index is 1.67. The number of amides is 1. The molecule has 4 rings (SSSR count). The first-order valence-electron chi connectivity index (χ1n) is 7.80. The SMILES string of the molecule is CC(=O)CC(C)=NNC(=O)C12CC3CC(CC(C3)C1)C2. The topological polar surface area (TPSA) is 58.5 Å². The number of nitrogens with one attached hydrogen (secondary N) is 1. The van der Waals surface area contributed by atoms with Crippen LogP contribution in [0.5, 0.6) is 0 Å². The molecule has 0 saturated heterocycles. The largest absolute Gasteiger partial charge is 0.300 e. The molecule has 1 N–H and O–H groups in total. The van der Waals surface area contributed by atoms with Crippen molar-refractivity contribution >= 4 is 17.4 Å². The Morgan fingerprint density at radius 1 is 1.05 bits per heavy atom. The van der Waals surface area contributed by atoms with Gasteiger partial charge in [-0.15, -0.1) is 0 Å². The van der Waals surface area contributed by atoms with Gasteiger partial charge in [0.25, 0.3) is 0 Å². The molecule has 4 aliphatic rings. The molecule has 20 heavy (non-hydrogen) atoms. The van der Waals surface area contributed by atoms with Crippen molar-refractivity contribution in [1.29, 1.82) is 0 Å². The summed E-state index contributed by atoms with van der Waals surface area (Å²) in [5.41, 5.74) is 3.27. The first-order chi connectivity index (χ1) is 9.47. The first kappa shape index (κ1) is 13.8. The molecule has 0 unspecified atom stereocenters. The normalized spacial score (nSPS) is 38.9. The van der Waals surface area contributed by atoms with Gasteiger partial charge in [-0.25, -0.2) is 5.43 Å². The molecule has 4 aliphatic carbocycles. The summed E-state index contributed by atoms with van der Waals surface area (Å²) < 4.78 is 0. The van der Waals surface area contributed by atoms with Gasteiger partial charge in [-0.3, -0.25) is 9.59 Å². The fourth-order valence-corrected chi connectivity index (χ4v) is 5.05. The first-order valence-corrected chi connectivity index (χ1v) is 7.80. The van der Waals surface area contributed by atoms with Crippen LogP contribution < -0.4 is 5.43 Å². The minimum Gasteiger partial charge on any atom is -0.300 e. The van der Waals surface area contributed by atoms with Gasteiger partial charge in [0.15, 0.2) is 0 Å². The van der Waals surface area contributed by atoms with Gasteiger partial charge in [0.05, 0.1) is 5.41 Å². The number of hydrogen-bond acceptors (Lipinski definition) is 3. The average Bonchev–Trinajstić information content (AvgIpc) is 2.33. The molecule has 4 saturated carbocycles. The second kappa shape index (κ2) is 4.97. The molecule has 4 bridgehead atoms. The third-order valence-corrected chi connectivity index (χ3v) is 5.37. The van der Waals surface area contributed by atoms with Gasteiger partial charge in [0, 0.05) is 12.1 Å². The number of rotatable bonds is 4. The molecule has 0 aliphatic heterocycles. The van der Waals surface area contributed by atoms with Crippen LogP contribution in [0.2, 0.25) is 0 Å². The quantitative estimate of drug-likeness (QED) is 0.634. The Morgan fingerprint density at radius 2 is 1.55 bits per heavy atom. The lowest BCUT2D eigenvalue weighted by Crippen LogP contribution is -2.52. The van der Waals surface area contributed by atoms with Gasteiger partial charge in [0.2, 0.25) is 5.91 Å². The summed E-state index contributed by atoms with van der Waals surface area (Å²) in [5, 5.41) is 4.12. The molecular weight excluding hydrogens is 252 g/mol. The van der Waals surface area contributed by atoms with Crippen LogP contribution in [0.1, 0.15) is 58.8 Å². The summed E-state index contributed by atoms with van der Waals surface area (Å²) in [7, 11) is 0. The van der Waals surface area contributed by atoms with Crippen LogP contribution in [0.25, 0.3) is 0 Å². The van der Waals surface area contributed by atoms with Crippen molar-refractivity contribution in [2.75, 3.05) is 0 Å². The summed E-state index contributed by atoms with van der Waals surface area (Å²) >= 11 is 0. The van der Waals surface area contributed by atoms with Crippen molar-refractivity contribution in [2.24, 2.45) is 28.3 Å². The van der Waals surface area contributed by atoms with Crippen LogP contribution in [-0.2, 0) is 9.59 Å². The van der Waals surface area contributed by atoms with E-state index in [1.54, 1.807) is 13.8 Å². The maximum atomic E-state index is 12.6. The zero-order valence-electron chi connectivity index (χ0n) is 12.4. The highest BCUT2D eigenvalue weighted by atomic mass is 16.2. The van der Waals surface area contributed by atoms with Crippen LogP contribution in [0.3, 0.4) is 0 Å². The van der Waals surface area contributed by atoms with Gasteiger partial charge in [0.1, 0.15) is 5.78 Å². The number of carbonyl (C=O) groups excluding carboxylic acids is 2. The Bertz CT molecular complexity index is 432. The van der Waals surface area contributed by atoms with Crippen molar-refractivity contribution in [3.05, 3.63) is 0 Å². The van der Waals surface area contributed by atoms with Crippen LogP contribution in [0, 0.1) is 23.2 Å². The van der Waals surface area contributed by atoms with Crippen molar-refractivity contribution in [1.82, 2.24) is 5.43 Å². The molecule has 110 valence electrons. The predicted octanol–water partition coefficient (Wildman–Crippen LogP) is 2.67. The number of carbonyl (C=O) groups is 2. The summed E-state index contributed by atoms with van der Waals surface area (Å²) in [6.45, 7) is 3.33. The van der Waals surface area contributed by atoms with Crippen LogP contribution in [-0.4, -0.2) is 17.4 Å². The standard InChI is InChI=1S/C16H24N2O2/c1-10(3-11(2)19)17-18-15(20)16-7-12-4-13(8-16)6-14(5-12)9-16/h12-14H,3-9H2,1-2H3,(H,18,20). The van der Waals surface area contributed by atoms with Gasteiger partial charge < -0.3 is 0 Å². The molecule has 1 amide bonds. The third kappa shape index (κ3) is 2.52. The number of hydrazone groups is 1. The molecule has 0 heterocycles. The Kier molecular flexibility index (Phi) is 3.43. The smallest absolute Gasteiger partial charge is 0.246 e. The van der Waals surface area contributed by atoms with Crippen LogP contribution in [0.15, 0.2) is 5.10 Å². The molecular formula is C16H24N2O2. The second-order valence-corrected chi connectivity index (χ2v) is 7.36. The monoisotopic (exact) mass is 276 g/mol. The third-order valence-electron chi connectivity index (χ3n) is 5.37. The highest BCUT2D eigenvalue weighted by Gasteiger charge is 2.54. The molecule has 0 radical (unpaired) electrons. The predicted molar refractivity (Wildman–Crippen MR) is 77.2 cm³/mol. The van der Waals surface area contributed by atoms with Gasteiger partial charge in [-0.05, 0) is 70.1 Å². The van der Waals surface area contributed by atoms with Crippen LogP contribution in [0.4, 0.5) is 0 Å². The van der Waals surface area contributed by atoms with Gasteiger partial charge >= 0.3 is 0 Å². The molecule has 4 heteroatoms. The molecule has 0 atom stereocenters. The minimum atomic E-state index is -0.158. The van der Waals surface area contributed by atoms with E-state index < -0.39 is 0 Å². The Hall–Kier alpha value is -1.19. The summed E-state index contributed by atoms with van der Waals surface area (Å²) in [4.78, 5) is 23.6. The van der Waals surface area contributed by atoms with E-state index in [4.69, 9.17) is 0 Å². The van der Waals surface area contributed by atoms with E-state index >= 15 is 0 Å². The zero-order valence-corrected chi connectivity index (χ0v) is 12.4. The maximum absolute atomic E-state index is 12.6. The van der Waals surface area contributed by atoms with Crippen molar-refractivity contribution in [2.45, 2.75) is 58.8 Å². The summed E-state index contributed by atoms with van der Waals surface area (Å²) in [5.74, 6) is 2.45. The summed E-state index contributed by atoms with van der Waals surface area (Å²) in [6, 6.07) is 0. The zero-order chi connectivity index (χ0) is 14.3. The lowest BCUT2D eigenvalue weighted by atomic mass is 9.49. The average molecular weight is 276 g/mol. The summed E-state index contributed by atoms with van der Waals surface area (Å²) in [6.07, 6.45) is 7.46. The van der Waals surface area contributed by atoms with E-state index in [0.717, 1.165) is 37.0 Å². The molecule has 4 nitrogen and oxygen atoms in total. The van der Waals surface area contributed by atoms with E-state index in [-0.39, 0.29) is 17.1 Å². The van der Waals surface area contributed by atoms with E-state index in [2.05, 4.69) is 10.5 Å². The Labute approximate surface area is 120 Å². The van der Waals surface area contributed by atoms with Crippen molar-refractivity contribution < 1.29 is 9.59 Å². The number of hydrogen-bond donors (Lipinski definition) is 1. The van der Waals surface area contributed by atoms with E-state index in [1.807, 2.05) is 0 Å². The number of nitrogens with zero attached hydrogens (tertiary/aromatic N) is 1. The highest BCUT2D eigenvalue weighted by molar-refractivity contribution is 6.00. The molecule has 0 aromatic heterocycles.